The first-order valence-electron chi connectivity index (χ1n) is 6.84. The zero-order valence-corrected chi connectivity index (χ0v) is 12.2. The standard InChI is InChI=1S/C15H25N3O2/c1-15(2,8-9-19)11-17-10-13(14(16)18-20)12-6-4-3-5-7-12/h3-7,13,17,19-20H,8-11H2,1-2H3,(H2,16,18). The van der Waals surface area contributed by atoms with Gasteiger partial charge in [0, 0.05) is 19.7 Å². The van der Waals surface area contributed by atoms with Crippen molar-refractivity contribution >= 4 is 5.84 Å². The average Bonchev–Trinajstić information content (AvgIpc) is 2.43. The number of aliphatic hydroxyl groups excluding tert-OH is 1. The van der Waals surface area contributed by atoms with Crippen molar-refractivity contribution in [3.05, 3.63) is 35.9 Å². The molecule has 0 saturated heterocycles. The van der Waals surface area contributed by atoms with E-state index in [-0.39, 0.29) is 23.8 Å². The molecule has 112 valence electrons. The van der Waals surface area contributed by atoms with Crippen molar-refractivity contribution < 1.29 is 10.3 Å². The van der Waals surface area contributed by atoms with Crippen molar-refractivity contribution in [3.8, 4) is 0 Å². The summed E-state index contributed by atoms with van der Waals surface area (Å²) < 4.78 is 0. The Kier molecular flexibility index (Phi) is 6.48. The van der Waals surface area contributed by atoms with Gasteiger partial charge in [-0.2, -0.15) is 0 Å². The van der Waals surface area contributed by atoms with Gasteiger partial charge in [-0.3, -0.25) is 0 Å². The Morgan fingerprint density at radius 1 is 1.35 bits per heavy atom. The van der Waals surface area contributed by atoms with E-state index < -0.39 is 0 Å². The maximum atomic E-state index is 9.01. The number of rotatable bonds is 8. The Balaban J connectivity index is 2.64. The van der Waals surface area contributed by atoms with Crippen LogP contribution in [0.1, 0.15) is 31.7 Å². The first-order chi connectivity index (χ1) is 9.50. The lowest BCUT2D eigenvalue weighted by atomic mass is 9.89. The Hall–Kier alpha value is -1.59. The number of oxime groups is 1. The second-order valence-corrected chi connectivity index (χ2v) is 5.76. The van der Waals surface area contributed by atoms with Crippen molar-refractivity contribution in [1.29, 1.82) is 0 Å². The van der Waals surface area contributed by atoms with E-state index in [4.69, 9.17) is 16.0 Å². The molecule has 0 aromatic heterocycles. The second-order valence-electron chi connectivity index (χ2n) is 5.76. The number of hydrogen-bond acceptors (Lipinski definition) is 4. The van der Waals surface area contributed by atoms with Crippen LogP contribution in [-0.2, 0) is 0 Å². The fraction of sp³-hybridized carbons (Fsp3) is 0.533. The van der Waals surface area contributed by atoms with E-state index in [9.17, 15) is 0 Å². The van der Waals surface area contributed by atoms with Crippen LogP contribution in [0.3, 0.4) is 0 Å². The van der Waals surface area contributed by atoms with Gasteiger partial charge in [0.15, 0.2) is 0 Å². The smallest absolute Gasteiger partial charge is 0.147 e. The lowest BCUT2D eigenvalue weighted by Crippen LogP contribution is -2.36. The van der Waals surface area contributed by atoms with E-state index in [1.165, 1.54) is 0 Å². The number of nitrogens with two attached hydrogens (primary N) is 1. The quantitative estimate of drug-likeness (QED) is 0.251. The van der Waals surface area contributed by atoms with Crippen molar-refractivity contribution in [3.63, 3.8) is 0 Å². The summed E-state index contributed by atoms with van der Waals surface area (Å²) in [5.74, 6) is 0.0368. The van der Waals surface area contributed by atoms with Gasteiger partial charge >= 0.3 is 0 Å². The van der Waals surface area contributed by atoms with Crippen molar-refractivity contribution in [2.45, 2.75) is 26.2 Å². The largest absolute Gasteiger partial charge is 0.409 e. The Morgan fingerprint density at radius 2 is 2.00 bits per heavy atom. The molecule has 0 fully saturated rings. The molecule has 20 heavy (non-hydrogen) atoms. The van der Waals surface area contributed by atoms with Crippen LogP contribution < -0.4 is 11.1 Å². The molecule has 0 aliphatic rings. The summed E-state index contributed by atoms with van der Waals surface area (Å²) in [6, 6.07) is 9.72. The molecule has 0 amide bonds. The van der Waals surface area contributed by atoms with Crippen molar-refractivity contribution in [2.24, 2.45) is 16.3 Å². The van der Waals surface area contributed by atoms with Gasteiger partial charge in [0.05, 0.1) is 5.92 Å². The fourth-order valence-corrected chi connectivity index (χ4v) is 2.09. The molecule has 1 aromatic rings. The van der Waals surface area contributed by atoms with Crippen molar-refractivity contribution in [2.75, 3.05) is 19.7 Å². The highest BCUT2D eigenvalue weighted by molar-refractivity contribution is 5.87. The molecule has 0 heterocycles. The SMILES string of the molecule is CC(C)(CCO)CNCC(/C(N)=N/O)c1ccccc1. The lowest BCUT2D eigenvalue weighted by Gasteiger charge is -2.25. The molecule has 1 aromatic carbocycles. The molecule has 0 radical (unpaired) electrons. The molecule has 0 bridgehead atoms. The predicted octanol–water partition coefficient (Wildman–Crippen LogP) is 1.51. The lowest BCUT2D eigenvalue weighted by molar-refractivity contribution is 0.207. The van der Waals surface area contributed by atoms with Crippen LogP contribution in [0.4, 0.5) is 0 Å². The van der Waals surface area contributed by atoms with E-state index in [2.05, 4.69) is 24.3 Å². The van der Waals surface area contributed by atoms with E-state index in [1.54, 1.807) is 0 Å². The van der Waals surface area contributed by atoms with E-state index >= 15 is 0 Å². The highest BCUT2D eigenvalue weighted by Crippen LogP contribution is 2.19. The number of benzene rings is 1. The summed E-state index contributed by atoms with van der Waals surface area (Å²) in [5, 5.41) is 24.4. The molecule has 0 aliphatic carbocycles. The van der Waals surface area contributed by atoms with E-state index in [0.29, 0.717) is 6.54 Å². The summed E-state index contributed by atoms with van der Waals surface area (Å²) in [6.45, 7) is 5.72. The highest BCUT2D eigenvalue weighted by atomic mass is 16.4. The monoisotopic (exact) mass is 279 g/mol. The Morgan fingerprint density at radius 3 is 2.55 bits per heavy atom. The first kappa shape index (κ1) is 16.5. The van der Waals surface area contributed by atoms with Crippen LogP contribution in [0.15, 0.2) is 35.5 Å². The normalized spacial score (nSPS) is 14.2. The molecule has 0 spiro atoms. The third-order valence-corrected chi connectivity index (χ3v) is 3.42. The summed E-state index contributed by atoms with van der Waals surface area (Å²) in [4.78, 5) is 0. The third-order valence-electron chi connectivity index (χ3n) is 3.42. The minimum atomic E-state index is -0.161. The molecule has 0 saturated carbocycles. The van der Waals surface area contributed by atoms with Crippen LogP contribution in [0.25, 0.3) is 0 Å². The van der Waals surface area contributed by atoms with Crippen molar-refractivity contribution in [1.82, 2.24) is 5.32 Å². The van der Waals surface area contributed by atoms with Gasteiger partial charge in [-0.05, 0) is 17.4 Å². The van der Waals surface area contributed by atoms with Gasteiger partial charge in [-0.1, -0.05) is 49.3 Å². The van der Waals surface area contributed by atoms with E-state index in [0.717, 1.165) is 18.5 Å². The van der Waals surface area contributed by atoms with Gasteiger partial charge in [0.1, 0.15) is 5.84 Å². The van der Waals surface area contributed by atoms with Crippen LogP contribution in [0.2, 0.25) is 0 Å². The summed E-state index contributed by atoms with van der Waals surface area (Å²) in [7, 11) is 0. The summed E-state index contributed by atoms with van der Waals surface area (Å²) in [5.41, 5.74) is 6.80. The molecule has 1 atom stereocenters. The number of nitrogens with zero attached hydrogens (tertiary/aromatic N) is 1. The Bertz CT molecular complexity index is 418. The number of nitrogens with one attached hydrogen (secondary N) is 1. The molecular weight excluding hydrogens is 254 g/mol. The van der Waals surface area contributed by atoms with Gasteiger partial charge in [-0.15, -0.1) is 0 Å². The zero-order valence-electron chi connectivity index (χ0n) is 12.2. The summed E-state index contributed by atoms with van der Waals surface area (Å²) >= 11 is 0. The minimum Gasteiger partial charge on any atom is -0.409 e. The van der Waals surface area contributed by atoms with Gasteiger partial charge in [0.25, 0.3) is 0 Å². The van der Waals surface area contributed by atoms with Crippen LogP contribution in [0, 0.1) is 5.41 Å². The topological polar surface area (TPSA) is 90.9 Å². The Labute approximate surface area is 120 Å². The van der Waals surface area contributed by atoms with Gasteiger partial charge in [-0.25, -0.2) is 0 Å². The molecule has 5 N–H and O–H groups in total. The fourth-order valence-electron chi connectivity index (χ4n) is 2.09. The number of aliphatic hydroxyl groups is 1. The average molecular weight is 279 g/mol. The minimum absolute atomic E-state index is 0.0150. The van der Waals surface area contributed by atoms with E-state index in [1.807, 2.05) is 30.3 Å². The number of hydrogen-bond donors (Lipinski definition) is 4. The summed E-state index contributed by atoms with van der Waals surface area (Å²) in [6.07, 6.45) is 0.736. The molecular formula is C15H25N3O2. The third kappa shape index (κ3) is 5.19. The van der Waals surface area contributed by atoms with Crippen LogP contribution >= 0.6 is 0 Å². The maximum absolute atomic E-state index is 9.01. The maximum Gasteiger partial charge on any atom is 0.147 e. The molecule has 0 aliphatic heterocycles. The number of amidine groups is 1. The van der Waals surface area contributed by atoms with Crippen LogP contribution in [-0.4, -0.2) is 35.8 Å². The van der Waals surface area contributed by atoms with Gasteiger partial charge in [0.2, 0.25) is 0 Å². The molecule has 5 nitrogen and oxygen atoms in total. The zero-order chi connectivity index (χ0) is 15.0. The molecule has 1 unspecified atom stereocenters. The molecule has 1 rings (SSSR count). The molecule has 5 heteroatoms. The first-order valence-corrected chi connectivity index (χ1v) is 6.84. The highest BCUT2D eigenvalue weighted by Gasteiger charge is 2.20. The van der Waals surface area contributed by atoms with Gasteiger partial charge < -0.3 is 21.4 Å². The predicted molar refractivity (Wildman–Crippen MR) is 80.9 cm³/mol. The van der Waals surface area contributed by atoms with Crippen LogP contribution in [0.5, 0.6) is 0 Å². The second kappa shape index (κ2) is 7.87.